The topological polar surface area (TPSA) is 267 Å². The monoisotopic (exact) mass is 317 g/mol. The summed E-state index contributed by atoms with van der Waals surface area (Å²) in [6, 6.07) is 0. The maximum Gasteiger partial charge on any atom is 3.00 e. The summed E-state index contributed by atoms with van der Waals surface area (Å²) in [6.07, 6.45) is -2.72. The maximum atomic E-state index is 10.1. The third kappa shape index (κ3) is 12.8. The summed E-state index contributed by atoms with van der Waals surface area (Å²) < 4.78 is 0. The number of carboxylic acids is 3. The molecule has 111 valence electrons. The number of aliphatic hydroxyl groups is 1. The Balaban J connectivity index is -0.0000000720. The van der Waals surface area contributed by atoms with Crippen LogP contribution in [0.5, 0.6) is 0 Å². The normalized spacial score (nSPS) is 7.83. The number of carboxylic acid groups (broad SMARTS) is 3. The Bertz CT molecular complexity index is 236. The van der Waals surface area contributed by atoms with E-state index >= 15 is 0 Å². The molecule has 0 aromatic rings. The molecule has 18 heavy (non-hydrogen) atoms. The third-order valence-corrected chi connectivity index (χ3v) is 1.25. The largest absolute Gasteiger partial charge is 3.00 e. The van der Waals surface area contributed by atoms with Gasteiger partial charge in [-0.1, -0.05) is 0 Å². The quantitative estimate of drug-likeness (QED) is 0.477. The Hall–Kier alpha value is -1.27. The Morgan fingerprint density at radius 1 is 0.833 bits per heavy atom. The van der Waals surface area contributed by atoms with Crippen LogP contribution in [-0.4, -0.2) is 50.5 Å². The third-order valence-electron chi connectivity index (χ3n) is 1.25. The standard InChI is InChI=1S/C6H8O7.Fe.4H2O/c7-3(8)1-6(13,5(11)12)2-4(9)10;;;;;/h13H,1-2H2,(H,7,8)(H,9,10)(H,11,12);;4*1H2/q;+3;;;;/p-3. The molecule has 1 radical (unpaired) electrons. The minimum atomic E-state index is -2.97. The average molecular weight is 317 g/mol. The van der Waals surface area contributed by atoms with Gasteiger partial charge in [-0.25, -0.2) is 0 Å². The zero-order valence-corrected chi connectivity index (χ0v) is 9.77. The van der Waals surface area contributed by atoms with Crippen LogP contribution in [0.1, 0.15) is 12.8 Å². The van der Waals surface area contributed by atoms with E-state index in [-0.39, 0.29) is 39.0 Å². The van der Waals surface area contributed by atoms with E-state index in [0.29, 0.717) is 0 Å². The molecular formula is C6H13FeO11. The Labute approximate surface area is 111 Å². The van der Waals surface area contributed by atoms with Crippen molar-refractivity contribution < 1.29 is 73.8 Å². The van der Waals surface area contributed by atoms with E-state index in [4.69, 9.17) is 5.11 Å². The van der Waals surface area contributed by atoms with Crippen molar-refractivity contribution in [1.29, 1.82) is 0 Å². The smallest absolute Gasteiger partial charge is 0.550 e. The second-order valence-electron chi connectivity index (χ2n) is 2.42. The van der Waals surface area contributed by atoms with Crippen LogP contribution < -0.4 is 15.3 Å². The van der Waals surface area contributed by atoms with Crippen LogP contribution in [0, 0.1) is 0 Å². The first-order valence-electron chi connectivity index (χ1n) is 3.11. The molecule has 0 rings (SSSR count). The van der Waals surface area contributed by atoms with Crippen LogP contribution in [0.25, 0.3) is 0 Å². The maximum absolute atomic E-state index is 10.1. The van der Waals surface area contributed by atoms with Crippen molar-refractivity contribution in [2.45, 2.75) is 18.4 Å². The Kier molecular flexibility index (Phi) is 27.6. The van der Waals surface area contributed by atoms with E-state index in [1.807, 2.05) is 0 Å². The van der Waals surface area contributed by atoms with Crippen molar-refractivity contribution in [3.63, 3.8) is 0 Å². The zero-order chi connectivity index (χ0) is 10.6. The Morgan fingerprint density at radius 2 is 1.06 bits per heavy atom. The molecule has 0 aliphatic rings. The molecule has 0 saturated heterocycles. The van der Waals surface area contributed by atoms with Crippen molar-refractivity contribution in [3.8, 4) is 0 Å². The fourth-order valence-electron chi connectivity index (χ4n) is 0.684. The summed E-state index contributed by atoms with van der Waals surface area (Å²) in [5, 5.41) is 38.9. The number of hydrogen-bond acceptors (Lipinski definition) is 7. The molecule has 0 aromatic heterocycles. The average Bonchev–Trinajstić information content (AvgIpc) is 1.82. The van der Waals surface area contributed by atoms with Gasteiger partial charge in [0.2, 0.25) is 0 Å². The number of carbonyl (C=O) groups is 3. The molecule has 0 aliphatic heterocycles. The number of carbonyl (C=O) groups excluding carboxylic acids is 3. The van der Waals surface area contributed by atoms with Crippen LogP contribution in [0.4, 0.5) is 0 Å². The van der Waals surface area contributed by atoms with Gasteiger partial charge in [0, 0.05) is 24.8 Å². The molecule has 0 atom stereocenters. The Morgan fingerprint density at radius 3 is 1.17 bits per heavy atom. The first-order valence-corrected chi connectivity index (χ1v) is 3.11. The molecule has 0 saturated carbocycles. The summed E-state index contributed by atoms with van der Waals surface area (Å²) in [7, 11) is 0. The molecule has 0 spiro atoms. The number of hydrogen-bond donors (Lipinski definition) is 1. The predicted molar refractivity (Wildman–Crippen MR) is 43.7 cm³/mol. The number of rotatable bonds is 5. The van der Waals surface area contributed by atoms with Crippen LogP contribution in [-0.2, 0) is 31.5 Å². The fourth-order valence-corrected chi connectivity index (χ4v) is 0.684. The van der Waals surface area contributed by atoms with E-state index in [2.05, 4.69) is 0 Å². The first kappa shape index (κ1) is 36.0. The van der Waals surface area contributed by atoms with Crippen LogP contribution in [0.3, 0.4) is 0 Å². The van der Waals surface area contributed by atoms with E-state index in [0.717, 1.165) is 0 Å². The van der Waals surface area contributed by atoms with Crippen molar-refractivity contribution >= 4 is 17.9 Å². The van der Waals surface area contributed by atoms with Gasteiger partial charge in [0.25, 0.3) is 0 Å². The molecule has 0 fully saturated rings. The van der Waals surface area contributed by atoms with Gasteiger partial charge < -0.3 is 56.7 Å². The number of aliphatic carboxylic acids is 3. The molecule has 0 aliphatic carbocycles. The van der Waals surface area contributed by atoms with E-state index in [1.165, 1.54) is 0 Å². The second-order valence-corrected chi connectivity index (χ2v) is 2.42. The molecule has 9 N–H and O–H groups in total. The van der Waals surface area contributed by atoms with E-state index < -0.39 is 36.4 Å². The molecule has 0 unspecified atom stereocenters. The van der Waals surface area contributed by atoms with E-state index in [9.17, 15) is 29.7 Å². The minimum absolute atomic E-state index is 0. The van der Waals surface area contributed by atoms with E-state index in [1.54, 1.807) is 0 Å². The molecule has 0 amide bonds. The molecule has 0 heterocycles. The van der Waals surface area contributed by atoms with Gasteiger partial charge in [-0.3, -0.25) is 0 Å². The first-order chi connectivity index (χ1) is 5.78. The van der Waals surface area contributed by atoms with Crippen molar-refractivity contribution in [1.82, 2.24) is 0 Å². The summed E-state index contributed by atoms with van der Waals surface area (Å²) in [6.45, 7) is 0. The summed E-state index contributed by atoms with van der Waals surface area (Å²) in [5.74, 6) is -5.98. The van der Waals surface area contributed by atoms with Gasteiger partial charge in [0.1, 0.15) is 5.60 Å². The van der Waals surface area contributed by atoms with Crippen molar-refractivity contribution in [2.24, 2.45) is 0 Å². The molecular weight excluding hydrogens is 304 g/mol. The van der Waals surface area contributed by atoms with Crippen LogP contribution >= 0.6 is 0 Å². The van der Waals surface area contributed by atoms with Gasteiger partial charge in [-0.05, 0) is 0 Å². The molecule has 12 heteroatoms. The molecule has 0 bridgehead atoms. The van der Waals surface area contributed by atoms with Crippen LogP contribution in [0.2, 0.25) is 0 Å². The van der Waals surface area contributed by atoms with Crippen LogP contribution in [0.15, 0.2) is 0 Å². The van der Waals surface area contributed by atoms with Crippen molar-refractivity contribution in [3.05, 3.63) is 0 Å². The van der Waals surface area contributed by atoms with Gasteiger partial charge in [-0.15, -0.1) is 0 Å². The summed E-state index contributed by atoms with van der Waals surface area (Å²) >= 11 is 0. The zero-order valence-electron chi connectivity index (χ0n) is 8.66. The molecule has 11 nitrogen and oxygen atoms in total. The summed E-state index contributed by atoms with van der Waals surface area (Å²) in [4.78, 5) is 30.0. The predicted octanol–water partition coefficient (Wildman–Crippen LogP) is -8.55. The van der Waals surface area contributed by atoms with Gasteiger partial charge in [0.05, 0.1) is 5.97 Å². The van der Waals surface area contributed by atoms with Gasteiger partial charge in [0.15, 0.2) is 0 Å². The molecule has 0 aromatic carbocycles. The second kappa shape index (κ2) is 13.8. The SMILES string of the molecule is O.O.O.O.O=C([O-])CC(O)(CC(=O)[O-])C(=O)[O-].[Fe+3]. The fraction of sp³-hybridized carbons (Fsp3) is 0.500. The van der Waals surface area contributed by atoms with Gasteiger partial charge >= 0.3 is 17.1 Å². The van der Waals surface area contributed by atoms with Gasteiger partial charge in [-0.2, -0.15) is 0 Å². The minimum Gasteiger partial charge on any atom is -0.550 e. The van der Waals surface area contributed by atoms with Crippen molar-refractivity contribution in [2.75, 3.05) is 0 Å². The summed E-state index contributed by atoms with van der Waals surface area (Å²) in [5.41, 5.74) is -2.97.